The second-order valence-electron chi connectivity index (χ2n) is 9.17. The Morgan fingerprint density at radius 2 is 1.49 bits per heavy atom. The SMILES string of the molecule is CC(C)[C@H](NC(=O)C(Cc1ccccc1)NC(=O)CSc1cc(Cl)cc(Cl)c1)C(=O)C(F)(F)C(=O)NCC(F)(F)F. The lowest BCUT2D eigenvalue weighted by molar-refractivity contribution is -0.165. The van der Waals surface area contributed by atoms with Gasteiger partial charge in [-0.1, -0.05) is 67.4 Å². The van der Waals surface area contributed by atoms with Gasteiger partial charge in [-0.25, -0.2) is 0 Å². The number of carbonyl (C=O) groups excluding carboxylic acids is 4. The lowest BCUT2D eigenvalue weighted by Gasteiger charge is -2.27. The predicted octanol–water partition coefficient (Wildman–Crippen LogP) is 4.84. The third-order valence-corrected chi connectivity index (χ3v) is 6.84. The van der Waals surface area contributed by atoms with Gasteiger partial charge in [-0.2, -0.15) is 22.0 Å². The van der Waals surface area contributed by atoms with Gasteiger partial charge in [0.2, 0.25) is 17.6 Å². The first-order valence-electron chi connectivity index (χ1n) is 12.0. The minimum Gasteiger partial charge on any atom is -0.344 e. The highest BCUT2D eigenvalue weighted by Gasteiger charge is 2.52. The number of amides is 3. The Morgan fingerprint density at radius 1 is 0.902 bits per heavy atom. The molecule has 2 rings (SSSR count). The largest absolute Gasteiger partial charge is 0.405 e. The van der Waals surface area contributed by atoms with Gasteiger partial charge in [0.1, 0.15) is 12.6 Å². The number of ketones is 1. The van der Waals surface area contributed by atoms with Crippen molar-refractivity contribution in [2.45, 2.75) is 49.3 Å². The molecule has 0 aliphatic carbocycles. The standard InChI is InChI=1S/C26H26Cl2F5N3O4S/c1-14(2)21(22(38)26(32,33)24(40)34-13-25(29,30)31)36-23(39)19(8-15-6-4-3-5-7-15)35-20(37)12-41-18-10-16(27)9-17(28)11-18/h3-7,9-11,14,19,21H,8,12-13H2,1-2H3,(H,34,40)(H,35,37)(H,36,39)/t19?,21-/m0/s1. The van der Waals surface area contributed by atoms with Gasteiger partial charge in [0, 0.05) is 21.4 Å². The second kappa shape index (κ2) is 14.8. The molecule has 224 valence electrons. The van der Waals surface area contributed by atoms with Crippen LogP contribution in [0.2, 0.25) is 10.0 Å². The molecule has 2 atom stereocenters. The number of nitrogens with one attached hydrogen (secondary N) is 3. The first-order chi connectivity index (χ1) is 19.0. The third-order valence-electron chi connectivity index (χ3n) is 5.43. The van der Waals surface area contributed by atoms with Crippen LogP contribution in [0.4, 0.5) is 22.0 Å². The highest BCUT2D eigenvalue weighted by atomic mass is 35.5. The summed E-state index contributed by atoms with van der Waals surface area (Å²) in [6, 6.07) is 9.71. The van der Waals surface area contributed by atoms with E-state index in [1.54, 1.807) is 42.5 Å². The fourth-order valence-corrected chi connectivity index (χ4v) is 4.90. The van der Waals surface area contributed by atoms with Crippen molar-refractivity contribution in [3.63, 3.8) is 0 Å². The molecule has 0 aliphatic heterocycles. The number of thioether (sulfide) groups is 1. The monoisotopic (exact) mass is 641 g/mol. The van der Waals surface area contributed by atoms with Crippen molar-refractivity contribution in [3.8, 4) is 0 Å². The molecule has 0 aromatic heterocycles. The zero-order valence-electron chi connectivity index (χ0n) is 21.7. The van der Waals surface area contributed by atoms with Gasteiger partial charge in [-0.05, 0) is 29.7 Å². The first-order valence-corrected chi connectivity index (χ1v) is 13.7. The maximum Gasteiger partial charge on any atom is 0.405 e. The Hall–Kier alpha value is -2.90. The van der Waals surface area contributed by atoms with Crippen LogP contribution < -0.4 is 16.0 Å². The normalized spacial score (nSPS) is 13.3. The van der Waals surface area contributed by atoms with E-state index in [1.807, 2.05) is 0 Å². The Bertz CT molecular complexity index is 1230. The van der Waals surface area contributed by atoms with Gasteiger partial charge in [0.05, 0.1) is 11.8 Å². The molecule has 2 aromatic carbocycles. The molecule has 0 spiro atoms. The van der Waals surface area contributed by atoms with Crippen molar-refractivity contribution in [2.75, 3.05) is 12.3 Å². The molecule has 41 heavy (non-hydrogen) atoms. The summed E-state index contributed by atoms with van der Waals surface area (Å²) in [5, 5.41) is 6.31. The molecule has 7 nitrogen and oxygen atoms in total. The van der Waals surface area contributed by atoms with Crippen molar-refractivity contribution >= 4 is 58.5 Å². The van der Waals surface area contributed by atoms with E-state index in [9.17, 15) is 41.1 Å². The van der Waals surface area contributed by atoms with Gasteiger partial charge >= 0.3 is 12.1 Å². The summed E-state index contributed by atoms with van der Waals surface area (Å²) >= 11 is 13.0. The predicted molar refractivity (Wildman–Crippen MR) is 145 cm³/mol. The number of benzene rings is 2. The lowest BCUT2D eigenvalue weighted by Crippen LogP contribution is -2.59. The number of Topliss-reactive ketones (excluding diaryl/α,β-unsaturated/α-hetero) is 1. The van der Waals surface area contributed by atoms with Crippen LogP contribution in [0.15, 0.2) is 53.4 Å². The number of halogens is 7. The van der Waals surface area contributed by atoms with Crippen molar-refractivity contribution in [1.82, 2.24) is 16.0 Å². The molecule has 0 heterocycles. The molecule has 0 bridgehead atoms. The quantitative estimate of drug-likeness (QED) is 0.165. The molecule has 0 aliphatic rings. The topological polar surface area (TPSA) is 104 Å². The highest BCUT2D eigenvalue weighted by Crippen LogP contribution is 2.26. The number of carbonyl (C=O) groups is 4. The summed E-state index contributed by atoms with van der Waals surface area (Å²) in [5.41, 5.74) is 0.589. The number of hydrogen-bond acceptors (Lipinski definition) is 5. The average molecular weight is 642 g/mol. The maximum atomic E-state index is 14.6. The van der Waals surface area contributed by atoms with Crippen LogP contribution in [0.5, 0.6) is 0 Å². The average Bonchev–Trinajstić information content (AvgIpc) is 2.87. The summed E-state index contributed by atoms with van der Waals surface area (Å²) in [4.78, 5) is 50.9. The van der Waals surface area contributed by atoms with Crippen molar-refractivity contribution < 1.29 is 41.1 Å². The van der Waals surface area contributed by atoms with E-state index >= 15 is 0 Å². The molecule has 0 saturated carbocycles. The minimum absolute atomic E-state index is 0.0897. The van der Waals surface area contributed by atoms with Crippen LogP contribution in [0, 0.1) is 5.92 Å². The molecule has 0 saturated heterocycles. The van der Waals surface area contributed by atoms with Gasteiger partial charge in [0.25, 0.3) is 5.91 Å². The van der Waals surface area contributed by atoms with E-state index < -0.39 is 60.1 Å². The smallest absolute Gasteiger partial charge is 0.344 e. The molecule has 2 aromatic rings. The van der Waals surface area contributed by atoms with Crippen LogP contribution in [0.25, 0.3) is 0 Å². The number of alkyl halides is 5. The Kier molecular flexibility index (Phi) is 12.4. The van der Waals surface area contributed by atoms with E-state index in [4.69, 9.17) is 23.2 Å². The van der Waals surface area contributed by atoms with Crippen LogP contribution in [-0.4, -0.2) is 60.0 Å². The number of rotatable bonds is 13. The van der Waals surface area contributed by atoms with Gasteiger partial charge in [0.15, 0.2) is 0 Å². The van der Waals surface area contributed by atoms with Crippen LogP contribution >= 0.6 is 35.0 Å². The van der Waals surface area contributed by atoms with Crippen molar-refractivity contribution in [2.24, 2.45) is 5.92 Å². The molecule has 3 amide bonds. The molecule has 3 N–H and O–H groups in total. The zero-order chi connectivity index (χ0) is 31.0. The van der Waals surface area contributed by atoms with E-state index in [-0.39, 0.29) is 12.2 Å². The van der Waals surface area contributed by atoms with Crippen molar-refractivity contribution in [3.05, 3.63) is 64.1 Å². The third kappa shape index (κ3) is 11.1. The molecule has 15 heteroatoms. The Morgan fingerprint density at radius 3 is 2.02 bits per heavy atom. The van der Waals surface area contributed by atoms with Crippen molar-refractivity contribution in [1.29, 1.82) is 0 Å². The second-order valence-corrected chi connectivity index (χ2v) is 11.1. The summed E-state index contributed by atoms with van der Waals surface area (Å²) < 4.78 is 66.2. The number of hydrogen-bond donors (Lipinski definition) is 3. The summed E-state index contributed by atoms with van der Waals surface area (Å²) in [7, 11) is 0. The van der Waals surface area contributed by atoms with Crippen LogP contribution in [-0.2, 0) is 25.6 Å². The van der Waals surface area contributed by atoms with Gasteiger partial charge < -0.3 is 16.0 Å². The summed E-state index contributed by atoms with van der Waals surface area (Å²) in [5.74, 6) is -12.2. The molecular weight excluding hydrogens is 616 g/mol. The van der Waals surface area contributed by atoms with Gasteiger partial charge in [-0.15, -0.1) is 11.8 Å². The van der Waals surface area contributed by atoms with Gasteiger partial charge in [-0.3, -0.25) is 19.2 Å². The molecule has 0 fully saturated rings. The molecular formula is C26H26Cl2F5N3O4S. The fraction of sp³-hybridized carbons (Fsp3) is 0.385. The Balaban J connectivity index is 2.20. The minimum atomic E-state index is -4.99. The summed E-state index contributed by atoms with van der Waals surface area (Å²) in [6.45, 7) is 0.520. The Labute approximate surface area is 246 Å². The van der Waals surface area contributed by atoms with E-state index in [2.05, 4.69) is 10.6 Å². The zero-order valence-corrected chi connectivity index (χ0v) is 24.0. The van der Waals surface area contributed by atoms with Crippen LogP contribution in [0.3, 0.4) is 0 Å². The van der Waals surface area contributed by atoms with E-state index in [0.29, 0.717) is 20.5 Å². The molecule has 0 radical (unpaired) electrons. The summed E-state index contributed by atoms with van der Waals surface area (Å²) in [6.07, 6.45) is -5.08. The van der Waals surface area contributed by atoms with Crippen LogP contribution in [0.1, 0.15) is 19.4 Å². The molecule has 1 unspecified atom stereocenters. The first kappa shape index (κ1) is 34.3. The lowest BCUT2D eigenvalue weighted by atomic mass is 9.94. The van der Waals surface area contributed by atoms with E-state index in [0.717, 1.165) is 17.1 Å². The fourth-order valence-electron chi connectivity index (χ4n) is 3.44. The highest BCUT2D eigenvalue weighted by molar-refractivity contribution is 8.00. The van der Waals surface area contributed by atoms with E-state index in [1.165, 1.54) is 19.9 Å². The maximum absolute atomic E-state index is 14.6.